The molecule has 0 bridgehead atoms. The Kier molecular flexibility index (Phi) is 3.71. The molecule has 16 heavy (non-hydrogen) atoms. The zero-order chi connectivity index (χ0) is 12.1. The summed E-state index contributed by atoms with van der Waals surface area (Å²) in [6.07, 6.45) is 1.56. The van der Waals surface area contributed by atoms with Crippen molar-refractivity contribution < 1.29 is 0 Å². The Morgan fingerprint density at radius 1 is 1.31 bits per heavy atom. The van der Waals surface area contributed by atoms with Crippen LogP contribution in [0.4, 0.5) is 11.4 Å². The summed E-state index contributed by atoms with van der Waals surface area (Å²) in [5.74, 6) is -0.0773. The van der Waals surface area contributed by atoms with Crippen LogP contribution in [0, 0.1) is 0 Å². The first-order valence-electron chi connectivity index (χ1n) is 4.69. The topological polar surface area (TPSA) is 106 Å². The standard InChI is InChI=1S/C10H16N6/c1-16(2)9-4-3-8(11)5-7(9)6-14-15-10(12)13/h3-6H,11H2,1-2H3,(H4,12,13,15). The second-order valence-electron chi connectivity index (χ2n) is 3.48. The van der Waals surface area contributed by atoms with Crippen molar-refractivity contribution in [1.82, 2.24) is 0 Å². The molecular formula is C10H16N6. The number of hydrogen-bond acceptors (Lipinski definition) is 4. The molecule has 0 heterocycles. The molecule has 0 aliphatic heterocycles. The maximum absolute atomic E-state index is 5.69. The van der Waals surface area contributed by atoms with Crippen molar-refractivity contribution in [3.8, 4) is 0 Å². The fraction of sp³-hybridized carbons (Fsp3) is 0.200. The molecule has 0 amide bonds. The van der Waals surface area contributed by atoms with Gasteiger partial charge in [-0.05, 0) is 18.2 Å². The first-order chi connectivity index (χ1) is 7.50. The lowest BCUT2D eigenvalue weighted by molar-refractivity contribution is 1.13. The highest BCUT2D eigenvalue weighted by Gasteiger charge is 2.02. The van der Waals surface area contributed by atoms with Gasteiger partial charge in [0.25, 0.3) is 0 Å². The predicted molar refractivity (Wildman–Crippen MR) is 68.6 cm³/mol. The number of hydrogen-bond donors (Lipinski definition) is 3. The summed E-state index contributed by atoms with van der Waals surface area (Å²) in [5, 5.41) is 7.29. The summed E-state index contributed by atoms with van der Waals surface area (Å²) in [6.45, 7) is 0. The molecule has 0 saturated heterocycles. The molecular weight excluding hydrogens is 204 g/mol. The van der Waals surface area contributed by atoms with Gasteiger partial charge in [0.1, 0.15) is 0 Å². The van der Waals surface area contributed by atoms with Gasteiger partial charge in [-0.2, -0.15) is 5.10 Å². The summed E-state index contributed by atoms with van der Waals surface area (Å²) in [6, 6.07) is 5.54. The summed E-state index contributed by atoms with van der Waals surface area (Å²) in [5.41, 5.74) is 18.5. The molecule has 0 saturated carbocycles. The third-order valence-corrected chi connectivity index (χ3v) is 1.90. The molecule has 6 nitrogen and oxygen atoms in total. The minimum Gasteiger partial charge on any atom is -0.399 e. The summed E-state index contributed by atoms with van der Waals surface area (Å²) < 4.78 is 0. The van der Waals surface area contributed by atoms with Gasteiger partial charge in [-0.25, -0.2) is 0 Å². The van der Waals surface area contributed by atoms with Crippen LogP contribution in [0.25, 0.3) is 0 Å². The van der Waals surface area contributed by atoms with E-state index in [1.54, 1.807) is 12.3 Å². The van der Waals surface area contributed by atoms with E-state index in [9.17, 15) is 0 Å². The van der Waals surface area contributed by atoms with E-state index < -0.39 is 0 Å². The monoisotopic (exact) mass is 220 g/mol. The Hall–Kier alpha value is -2.24. The van der Waals surface area contributed by atoms with Crippen LogP contribution in [0.5, 0.6) is 0 Å². The number of nitrogens with zero attached hydrogens (tertiary/aromatic N) is 3. The van der Waals surface area contributed by atoms with Crippen molar-refractivity contribution in [3.63, 3.8) is 0 Å². The molecule has 6 heteroatoms. The fourth-order valence-corrected chi connectivity index (χ4v) is 1.24. The molecule has 0 aromatic heterocycles. The predicted octanol–water partition coefficient (Wildman–Crippen LogP) is -0.0579. The quantitative estimate of drug-likeness (QED) is 0.287. The molecule has 0 unspecified atom stereocenters. The van der Waals surface area contributed by atoms with Gasteiger partial charge in [0.2, 0.25) is 5.96 Å². The van der Waals surface area contributed by atoms with E-state index >= 15 is 0 Å². The third kappa shape index (κ3) is 3.16. The average Bonchev–Trinajstić information content (AvgIpc) is 2.16. The van der Waals surface area contributed by atoms with Gasteiger partial charge >= 0.3 is 0 Å². The van der Waals surface area contributed by atoms with E-state index in [4.69, 9.17) is 17.2 Å². The molecule has 1 aromatic carbocycles. The molecule has 86 valence electrons. The van der Waals surface area contributed by atoms with Gasteiger partial charge < -0.3 is 22.1 Å². The van der Waals surface area contributed by atoms with E-state index in [0.29, 0.717) is 5.69 Å². The van der Waals surface area contributed by atoms with Crippen LogP contribution in [-0.2, 0) is 0 Å². The Labute approximate surface area is 94.4 Å². The molecule has 0 aliphatic rings. The molecule has 0 radical (unpaired) electrons. The molecule has 1 rings (SSSR count). The molecule has 0 aliphatic carbocycles. The highest BCUT2D eigenvalue weighted by molar-refractivity contribution is 5.89. The van der Waals surface area contributed by atoms with Crippen molar-refractivity contribution in [1.29, 1.82) is 0 Å². The Morgan fingerprint density at radius 2 is 2.00 bits per heavy atom. The maximum atomic E-state index is 5.69. The Balaban J connectivity index is 3.06. The van der Waals surface area contributed by atoms with Crippen molar-refractivity contribution in [2.75, 3.05) is 24.7 Å². The van der Waals surface area contributed by atoms with E-state index in [1.165, 1.54) is 0 Å². The number of rotatable bonds is 3. The molecule has 0 atom stereocenters. The van der Waals surface area contributed by atoms with Gasteiger partial charge in [0, 0.05) is 31.0 Å². The zero-order valence-corrected chi connectivity index (χ0v) is 9.38. The molecule has 6 N–H and O–H groups in total. The first-order valence-corrected chi connectivity index (χ1v) is 4.69. The summed E-state index contributed by atoms with van der Waals surface area (Å²) >= 11 is 0. The number of benzene rings is 1. The van der Waals surface area contributed by atoms with Crippen molar-refractivity contribution in [2.24, 2.45) is 21.7 Å². The van der Waals surface area contributed by atoms with Gasteiger partial charge in [-0.3, -0.25) is 0 Å². The second kappa shape index (κ2) is 5.01. The van der Waals surface area contributed by atoms with Crippen LogP contribution in [0.1, 0.15) is 5.56 Å². The van der Waals surface area contributed by atoms with Gasteiger partial charge in [-0.1, -0.05) is 0 Å². The van der Waals surface area contributed by atoms with Crippen LogP contribution in [0.15, 0.2) is 28.4 Å². The lowest BCUT2D eigenvalue weighted by Crippen LogP contribution is -2.21. The minimum absolute atomic E-state index is 0.0773. The van der Waals surface area contributed by atoms with E-state index in [-0.39, 0.29) is 5.96 Å². The molecule has 1 aromatic rings. The van der Waals surface area contributed by atoms with Gasteiger partial charge in [-0.15, -0.1) is 5.10 Å². The summed E-state index contributed by atoms with van der Waals surface area (Å²) in [4.78, 5) is 1.95. The van der Waals surface area contributed by atoms with Gasteiger partial charge in [0.15, 0.2) is 0 Å². The van der Waals surface area contributed by atoms with Gasteiger partial charge in [0.05, 0.1) is 6.21 Å². The van der Waals surface area contributed by atoms with Crippen LogP contribution < -0.4 is 22.1 Å². The number of nitrogen functional groups attached to an aromatic ring is 1. The highest BCUT2D eigenvalue weighted by Crippen LogP contribution is 2.19. The third-order valence-electron chi connectivity index (χ3n) is 1.90. The second-order valence-corrected chi connectivity index (χ2v) is 3.48. The number of nitrogens with two attached hydrogens (primary N) is 3. The van der Waals surface area contributed by atoms with E-state index in [0.717, 1.165) is 11.3 Å². The van der Waals surface area contributed by atoms with Crippen molar-refractivity contribution in [3.05, 3.63) is 23.8 Å². The summed E-state index contributed by atoms with van der Waals surface area (Å²) in [7, 11) is 3.87. The maximum Gasteiger partial charge on any atom is 0.211 e. The Morgan fingerprint density at radius 3 is 2.56 bits per heavy atom. The average molecular weight is 220 g/mol. The normalized spacial score (nSPS) is 10.4. The SMILES string of the molecule is CN(C)c1ccc(N)cc1C=NN=C(N)N. The minimum atomic E-state index is -0.0773. The number of guanidine groups is 1. The van der Waals surface area contributed by atoms with Crippen LogP contribution >= 0.6 is 0 Å². The first kappa shape index (κ1) is 11.8. The van der Waals surface area contributed by atoms with Crippen molar-refractivity contribution >= 4 is 23.5 Å². The molecule has 0 fully saturated rings. The smallest absolute Gasteiger partial charge is 0.211 e. The van der Waals surface area contributed by atoms with Crippen molar-refractivity contribution in [2.45, 2.75) is 0 Å². The van der Waals surface area contributed by atoms with E-state index in [1.807, 2.05) is 31.1 Å². The lowest BCUT2D eigenvalue weighted by atomic mass is 10.1. The Bertz CT molecular complexity index is 417. The van der Waals surface area contributed by atoms with Crippen LogP contribution in [-0.4, -0.2) is 26.3 Å². The fourth-order valence-electron chi connectivity index (χ4n) is 1.24. The van der Waals surface area contributed by atoms with E-state index in [2.05, 4.69) is 10.2 Å². The zero-order valence-electron chi connectivity index (χ0n) is 9.38. The number of anilines is 2. The largest absolute Gasteiger partial charge is 0.399 e. The highest BCUT2D eigenvalue weighted by atomic mass is 15.3. The molecule has 0 spiro atoms. The van der Waals surface area contributed by atoms with Crippen LogP contribution in [0.3, 0.4) is 0 Å². The lowest BCUT2D eigenvalue weighted by Gasteiger charge is -2.15. The van der Waals surface area contributed by atoms with Crippen LogP contribution in [0.2, 0.25) is 0 Å².